The topological polar surface area (TPSA) is 67.2 Å². The van der Waals surface area contributed by atoms with Crippen LogP contribution < -0.4 is 20.1 Å². The van der Waals surface area contributed by atoms with Crippen LogP contribution in [0, 0.1) is 0 Å². The van der Waals surface area contributed by atoms with E-state index >= 15 is 0 Å². The molecule has 0 fully saturated rings. The van der Waals surface area contributed by atoms with Crippen LogP contribution in [0.15, 0.2) is 69.7 Å². The number of nitrogens with one attached hydrogen (secondary N) is 2. The summed E-state index contributed by atoms with van der Waals surface area (Å²) in [5.74, 6) is 3.51. The first-order valence-electron chi connectivity index (χ1n) is 11.8. The Hall–Kier alpha value is -3.54. The van der Waals surface area contributed by atoms with Gasteiger partial charge in [-0.05, 0) is 65.8 Å². The monoisotopic (exact) mass is 454 g/mol. The van der Waals surface area contributed by atoms with Gasteiger partial charge in [-0.2, -0.15) is 0 Å². The maximum Gasteiger partial charge on any atom is 0.129 e. The van der Waals surface area contributed by atoms with Gasteiger partial charge in [-0.3, -0.25) is 9.98 Å². The fourth-order valence-corrected chi connectivity index (χ4v) is 5.78. The maximum absolute atomic E-state index is 6.54. The molecule has 6 heteroatoms. The summed E-state index contributed by atoms with van der Waals surface area (Å²) in [6.07, 6.45) is 0. The van der Waals surface area contributed by atoms with E-state index in [1.807, 2.05) is 50.2 Å². The molecule has 0 saturated heterocycles. The van der Waals surface area contributed by atoms with E-state index in [-0.39, 0.29) is 12.1 Å². The molecule has 0 spiro atoms. The predicted molar refractivity (Wildman–Crippen MR) is 136 cm³/mol. The molecular weight excluding hydrogens is 424 g/mol. The third-order valence-corrected chi connectivity index (χ3v) is 7.05. The van der Waals surface area contributed by atoms with Crippen molar-refractivity contribution in [3.8, 4) is 11.5 Å². The average molecular weight is 455 g/mol. The molecule has 6 nitrogen and oxygen atoms in total. The number of benzene rings is 2. The van der Waals surface area contributed by atoms with Gasteiger partial charge in [-0.25, -0.2) is 0 Å². The molecule has 4 heterocycles. The molecule has 2 N–H and O–H groups in total. The SMILES string of the molecule is CC1=NC(C2N=C(C)NC3=C2C(C)(C)Oc2ccccc23)C2=C(N1)c1ccccc1OC2(C)C. The Bertz CT molecular complexity index is 1240. The van der Waals surface area contributed by atoms with Gasteiger partial charge in [0, 0.05) is 22.3 Å². The van der Waals surface area contributed by atoms with Crippen molar-refractivity contribution in [2.75, 3.05) is 0 Å². The molecule has 4 aliphatic heterocycles. The highest BCUT2D eigenvalue weighted by atomic mass is 16.5. The number of aliphatic imine (C=N–C) groups is 2. The molecule has 0 amide bonds. The Morgan fingerprint density at radius 3 is 1.44 bits per heavy atom. The molecule has 0 radical (unpaired) electrons. The fraction of sp³-hybridized carbons (Fsp3) is 0.357. The zero-order valence-electron chi connectivity index (χ0n) is 20.5. The highest BCUT2D eigenvalue weighted by Crippen LogP contribution is 2.49. The van der Waals surface area contributed by atoms with Gasteiger partial charge in [0.15, 0.2) is 0 Å². The van der Waals surface area contributed by atoms with Crippen molar-refractivity contribution in [3.05, 3.63) is 70.8 Å². The van der Waals surface area contributed by atoms with E-state index in [1.165, 1.54) is 0 Å². The first-order chi connectivity index (χ1) is 16.2. The Labute approximate surface area is 200 Å². The minimum absolute atomic E-state index is 0.227. The molecule has 174 valence electrons. The lowest BCUT2D eigenvalue weighted by Crippen LogP contribution is -2.53. The van der Waals surface area contributed by atoms with E-state index in [4.69, 9.17) is 19.5 Å². The molecule has 2 unspecified atom stereocenters. The molecule has 0 aliphatic carbocycles. The van der Waals surface area contributed by atoms with Gasteiger partial charge in [0.1, 0.15) is 34.8 Å². The van der Waals surface area contributed by atoms with Crippen LogP contribution >= 0.6 is 0 Å². The molecular formula is C28H30N4O2. The van der Waals surface area contributed by atoms with Crippen molar-refractivity contribution < 1.29 is 9.47 Å². The van der Waals surface area contributed by atoms with Gasteiger partial charge in [0.2, 0.25) is 0 Å². The number of hydrogen-bond donors (Lipinski definition) is 2. The van der Waals surface area contributed by atoms with Gasteiger partial charge in [-0.1, -0.05) is 24.3 Å². The van der Waals surface area contributed by atoms with Crippen molar-refractivity contribution in [1.82, 2.24) is 10.6 Å². The van der Waals surface area contributed by atoms with Gasteiger partial charge in [0.25, 0.3) is 0 Å². The molecule has 6 rings (SSSR count). The lowest BCUT2D eigenvalue weighted by atomic mass is 9.75. The zero-order valence-corrected chi connectivity index (χ0v) is 20.5. The number of ether oxygens (including phenoxy) is 2. The zero-order chi connectivity index (χ0) is 23.8. The van der Waals surface area contributed by atoms with Crippen LogP contribution in [-0.4, -0.2) is 35.0 Å². The van der Waals surface area contributed by atoms with E-state index in [0.29, 0.717) is 0 Å². The highest BCUT2D eigenvalue weighted by molar-refractivity contribution is 5.97. The smallest absolute Gasteiger partial charge is 0.129 e. The Morgan fingerprint density at radius 2 is 1.03 bits per heavy atom. The normalized spacial score (nSPS) is 25.7. The van der Waals surface area contributed by atoms with Gasteiger partial charge >= 0.3 is 0 Å². The average Bonchev–Trinajstić information content (AvgIpc) is 2.77. The number of rotatable bonds is 1. The maximum atomic E-state index is 6.54. The van der Waals surface area contributed by atoms with Crippen LogP contribution in [0.1, 0.15) is 52.7 Å². The van der Waals surface area contributed by atoms with Crippen molar-refractivity contribution in [2.24, 2.45) is 9.98 Å². The van der Waals surface area contributed by atoms with Crippen molar-refractivity contribution >= 4 is 23.1 Å². The quantitative estimate of drug-likeness (QED) is 0.641. The van der Waals surface area contributed by atoms with Gasteiger partial charge in [-0.15, -0.1) is 0 Å². The molecule has 0 aromatic heterocycles. The number of para-hydroxylation sites is 2. The molecule has 0 bridgehead atoms. The summed E-state index contributed by atoms with van der Waals surface area (Å²) in [4.78, 5) is 10.3. The molecule has 34 heavy (non-hydrogen) atoms. The molecule has 2 aromatic carbocycles. The summed E-state index contributed by atoms with van der Waals surface area (Å²) < 4.78 is 13.1. The van der Waals surface area contributed by atoms with Gasteiger partial charge in [0.05, 0.1) is 23.1 Å². The van der Waals surface area contributed by atoms with E-state index in [2.05, 4.69) is 50.5 Å². The summed E-state index contributed by atoms with van der Waals surface area (Å²) >= 11 is 0. The highest BCUT2D eigenvalue weighted by Gasteiger charge is 2.50. The largest absolute Gasteiger partial charge is 0.483 e. The van der Waals surface area contributed by atoms with Crippen molar-refractivity contribution in [2.45, 2.75) is 64.8 Å². The molecule has 2 aromatic rings. The summed E-state index contributed by atoms with van der Waals surface area (Å²) in [6.45, 7) is 12.5. The minimum Gasteiger partial charge on any atom is -0.483 e. The van der Waals surface area contributed by atoms with E-state index in [1.54, 1.807) is 0 Å². The van der Waals surface area contributed by atoms with E-state index in [0.717, 1.165) is 56.8 Å². The van der Waals surface area contributed by atoms with Crippen LogP contribution in [0.3, 0.4) is 0 Å². The standard InChI is InChI=1S/C28H30N4O2/c1-15-29-23-17-11-7-9-13-19(17)33-27(3,4)21(23)25(31-15)26-22-24(30-16(2)32-26)18-12-8-10-14-20(18)34-28(22,5)6/h7-14,25-26H,1-6H3,(H,29,31)(H,30,32). The second-order valence-corrected chi connectivity index (χ2v) is 10.4. The fourth-order valence-electron chi connectivity index (χ4n) is 5.78. The van der Waals surface area contributed by atoms with E-state index < -0.39 is 11.2 Å². The van der Waals surface area contributed by atoms with Crippen molar-refractivity contribution in [1.29, 1.82) is 0 Å². The van der Waals surface area contributed by atoms with Crippen LogP contribution in [0.2, 0.25) is 0 Å². The van der Waals surface area contributed by atoms with Crippen molar-refractivity contribution in [3.63, 3.8) is 0 Å². The Balaban J connectivity index is 1.59. The lowest BCUT2D eigenvalue weighted by Gasteiger charge is -2.47. The summed E-state index contributed by atoms with van der Waals surface area (Å²) in [7, 11) is 0. The summed E-state index contributed by atoms with van der Waals surface area (Å²) in [6, 6.07) is 15.9. The third kappa shape index (κ3) is 3.01. The molecule has 0 saturated carbocycles. The number of amidine groups is 2. The number of nitrogens with zero attached hydrogens (tertiary/aromatic N) is 2. The van der Waals surface area contributed by atoms with Crippen LogP contribution in [0.5, 0.6) is 11.5 Å². The Kier molecular flexibility index (Phi) is 4.32. The summed E-state index contributed by atoms with van der Waals surface area (Å²) in [5, 5.41) is 7.11. The second kappa shape index (κ2) is 6.98. The number of fused-ring (bicyclic) bond motifs is 4. The number of hydrogen-bond acceptors (Lipinski definition) is 6. The molecule has 2 atom stereocenters. The molecule has 4 aliphatic rings. The Morgan fingerprint density at radius 1 is 0.647 bits per heavy atom. The summed E-state index contributed by atoms with van der Waals surface area (Å²) in [5.41, 5.74) is 5.38. The predicted octanol–water partition coefficient (Wildman–Crippen LogP) is 4.93. The van der Waals surface area contributed by atoms with Crippen LogP contribution in [0.4, 0.5) is 0 Å². The lowest BCUT2D eigenvalue weighted by molar-refractivity contribution is 0.123. The third-order valence-electron chi connectivity index (χ3n) is 7.05. The first-order valence-corrected chi connectivity index (χ1v) is 11.8. The minimum atomic E-state index is -0.557. The van der Waals surface area contributed by atoms with E-state index in [9.17, 15) is 0 Å². The van der Waals surface area contributed by atoms with Crippen LogP contribution in [-0.2, 0) is 0 Å². The first kappa shape index (κ1) is 21.0. The van der Waals surface area contributed by atoms with Gasteiger partial charge < -0.3 is 20.1 Å². The second-order valence-electron chi connectivity index (χ2n) is 10.4. The van der Waals surface area contributed by atoms with Crippen LogP contribution in [0.25, 0.3) is 11.4 Å².